The van der Waals surface area contributed by atoms with Gasteiger partial charge in [0.2, 0.25) is 11.8 Å². The Kier molecular flexibility index (Phi) is 12.9. The molecule has 0 saturated heterocycles. The average molecular weight is 734 g/mol. The average Bonchev–Trinajstić information content (AvgIpc) is 3.42. The highest BCUT2D eigenvalue weighted by molar-refractivity contribution is 5.93. The van der Waals surface area contributed by atoms with Crippen LogP contribution in [0.3, 0.4) is 0 Å². The van der Waals surface area contributed by atoms with Crippen LogP contribution in [-0.2, 0) is 36.5 Å². The number of carbonyl (C=O) groups is 4. The van der Waals surface area contributed by atoms with Gasteiger partial charge in [0.25, 0.3) is 0 Å². The van der Waals surface area contributed by atoms with E-state index < -0.39 is 59.8 Å². The minimum atomic E-state index is -4.58. The van der Waals surface area contributed by atoms with E-state index in [0.29, 0.717) is 5.56 Å². The molecule has 0 aliphatic heterocycles. The lowest BCUT2D eigenvalue weighted by Crippen LogP contribution is -2.57. The molecule has 0 heterocycles. The van der Waals surface area contributed by atoms with Gasteiger partial charge in [-0.2, -0.15) is 13.2 Å². The van der Waals surface area contributed by atoms with Gasteiger partial charge in [-0.1, -0.05) is 72.8 Å². The minimum absolute atomic E-state index is 0.00701. The van der Waals surface area contributed by atoms with Crippen molar-refractivity contribution < 1.29 is 41.8 Å². The highest BCUT2D eigenvalue weighted by Crippen LogP contribution is 2.44. The van der Waals surface area contributed by atoms with Crippen LogP contribution in [0, 0.1) is 0 Å². The number of benzene rings is 3. The van der Waals surface area contributed by atoms with Gasteiger partial charge in [0.1, 0.15) is 30.8 Å². The highest BCUT2D eigenvalue weighted by atomic mass is 19.4. The predicted octanol–water partition coefficient (Wildman–Crippen LogP) is 7.26. The van der Waals surface area contributed by atoms with Gasteiger partial charge in [-0.05, 0) is 67.1 Å². The van der Waals surface area contributed by atoms with Crippen molar-refractivity contribution >= 4 is 23.9 Å². The number of nitrogens with zero attached hydrogens (tertiary/aromatic N) is 3. The maximum Gasteiger partial charge on any atom is 0.416 e. The van der Waals surface area contributed by atoms with Crippen molar-refractivity contribution in [2.45, 2.75) is 63.4 Å². The number of hydrogen-bond donors (Lipinski definition) is 0. The normalized spacial score (nSPS) is 13.5. The van der Waals surface area contributed by atoms with Crippen LogP contribution in [0.25, 0.3) is 11.1 Å². The van der Waals surface area contributed by atoms with Crippen LogP contribution in [0.2, 0.25) is 0 Å². The molecule has 0 bridgehead atoms. The number of halogens is 3. The summed E-state index contributed by atoms with van der Waals surface area (Å²) in [4.78, 5) is 58.4. The Morgan fingerprint density at radius 2 is 1.38 bits per heavy atom. The molecule has 1 aliphatic rings. The third-order valence-electron chi connectivity index (χ3n) is 8.91. The van der Waals surface area contributed by atoms with E-state index in [4.69, 9.17) is 9.47 Å². The third kappa shape index (κ3) is 9.94. The highest BCUT2D eigenvalue weighted by Gasteiger charge is 2.39. The number of alkyl halides is 3. The number of ether oxygens (including phenoxy) is 2. The monoisotopic (exact) mass is 733 g/mol. The number of rotatable bonds is 14. The Hall–Kier alpha value is -5.39. The maximum atomic E-state index is 14.5. The van der Waals surface area contributed by atoms with Crippen LogP contribution >= 0.6 is 0 Å². The van der Waals surface area contributed by atoms with E-state index in [-0.39, 0.29) is 31.9 Å². The predicted molar refractivity (Wildman–Crippen MR) is 196 cm³/mol. The second kappa shape index (κ2) is 17.0. The van der Waals surface area contributed by atoms with Gasteiger partial charge in [0.15, 0.2) is 0 Å². The van der Waals surface area contributed by atoms with E-state index in [0.717, 1.165) is 44.2 Å². The quantitative estimate of drug-likeness (QED) is 0.128. The first-order chi connectivity index (χ1) is 25.0. The summed E-state index contributed by atoms with van der Waals surface area (Å²) in [5, 5.41) is 0. The standard InChI is InChI=1S/C41H46F3N3O6/c1-8-14-34(46(7)39(51)52-26-33-31-17-12-10-15-29(31)30-16-11-13-18-32(30)33)38(50)47(23-9-2)35(24-27-19-21-28(22-20-27)41(42,43)44)37(49)45(6)25-36(48)53-40(3,4)5/h8-13,15-22,33-35H,1-2,14,23-26H2,3-7H3/t34-,35-/m0/s1. The molecule has 3 aromatic carbocycles. The number of fused-ring (bicyclic) bond motifs is 3. The lowest BCUT2D eigenvalue weighted by Gasteiger charge is -2.37. The molecule has 0 aromatic heterocycles. The molecule has 3 amide bonds. The van der Waals surface area contributed by atoms with Crippen molar-refractivity contribution in [2.24, 2.45) is 0 Å². The number of likely N-dealkylation sites (N-methyl/N-ethyl adjacent to an activating group) is 2. The molecule has 0 saturated carbocycles. The van der Waals surface area contributed by atoms with Gasteiger partial charge in [-0.15, -0.1) is 13.2 Å². The molecular formula is C41H46F3N3O6. The van der Waals surface area contributed by atoms with Crippen molar-refractivity contribution in [3.05, 3.63) is 120 Å². The third-order valence-corrected chi connectivity index (χ3v) is 8.91. The zero-order valence-electron chi connectivity index (χ0n) is 30.7. The van der Waals surface area contributed by atoms with Gasteiger partial charge >= 0.3 is 18.2 Å². The van der Waals surface area contributed by atoms with Gasteiger partial charge in [-0.3, -0.25) is 19.3 Å². The number of hydrogen-bond acceptors (Lipinski definition) is 6. The molecule has 3 aromatic rings. The maximum absolute atomic E-state index is 14.5. The second-order valence-corrected chi connectivity index (χ2v) is 13.9. The van der Waals surface area contributed by atoms with Crippen LogP contribution in [0.15, 0.2) is 98.1 Å². The van der Waals surface area contributed by atoms with Crippen molar-refractivity contribution in [2.75, 3.05) is 33.8 Å². The first-order valence-corrected chi connectivity index (χ1v) is 17.2. The van der Waals surface area contributed by atoms with Gasteiger partial charge in [-0.25, -0.2) is 4.79 Å². The zero-order chi connectivity index (χ0) is 39.1. The Balaban J connectivity index is 1.61. The Morgan fingerprint density at radius 3 is 1.89 bits per heavy atom. The first kappa shape index (κ1) is 40.4. The number of amides is 3. The van der Waals surface area contributed by atoms with Gasteiger partial charge in [0, 0.05) is 33.0 Å². The van der Waals surface area contributed by atoms with Crippen molar-refractivity contribution in [3.63, 3.8) is 0 Å². The van der Waals surface area contributed by atoms with E-state index in [1.165, 1.54) is 43.3 Å². The van der Waals surface area contributed by atoms with Crippen molar-refractivity contribution in [3.8, 4) is 11.1 Å². The molecule has 282 valence electrons. The molecular weight excluding hydrogens is 687 g/mol. The Bertz CT molecular complexity index is 1770. The summed E-state index contributed by atoms with van der Waals surface area (Å²) in [6.07, 6.45) is -2.71. The Morgan fingerprint density at radius 1 is 0.811 bits per heavy atom. The SMILES string of the molecule is C=CC[C@@H](C(=O)N(CC=C)[C@@H](Cc1ccc(C(F)(F)F)cc1)C(=O)N(C)CC(=O)OC(C)(C)C)N(C)C(=O)OCC1c2ccccc2-c2ccccc21. The molecule has 0 radical (unpaired) electrons. The van der Waals surface area contributed by atoms with E-state index in [2.05, 4.69) is 13.2 Å². The van der Waals surface area contributed by atoms with Gasteiger partial charge < -0.3 is 19.3 Å². The smallest absolute Gasteiger partial charge is 0.416 e. The molecule has 1 aliphatic carbocycles. The largest absolute Gasteiger partial charge is 0.459 e. The van der Waals surface area contributed by atoms with E-state index in [1.54, 1.807) is 20.8 Å². The van der Waals surface area contributed by atoms with Crippen LogP contribution in [0.1, 0.15) is 55.4 Å². The van der Waals surface area contributed by atoms with E-state index in [9.17, 15) is 32.3 Å². The summed E-state index contributed by atoms with van der Waals surface area (Å²) in [6.45, 7) is 11.9. The summed E-state index contributed by atoms with van der Waals surface area (Å²) in [5.41, 5.74) is 2.76. The summed E-state index contributed by atoms with van der Waals surface area (Å²) in [7, 11) is 2.78. The van der Waals surface area contributed by atoms with Crippen LogP contribution in [-0.4, -0.2) is 90.1 Å². The summed E-state index contributed by atoms with van der Waals surface area (Å²) in [5.74, 6) is -2.25. The first-order valence-electron chi connectivity index (χ1n) is 17.2. The Labute approximate surface area is 308 Å². The number of esters is 1. The molecule has 0 N–H and O–H groups in total. The molecule has 9 nitrogen and oxygen atoms in total. The summed E-state index contributed by atoms with van der Waals surface area (Å²) < 4.78 is 51.2. The zero-order valence-corrected chi connectivity index (χ0v) is 30.7. The molecule has 53 heavy (non-hydrogen) atoms. The van der Waals surface area contributed by atoms with E-state index >= 15 is 0 Å². The molecule has 12 heteroatoms. The van der Waals surface area contributed by atoms with Crippen LogP contribution in [0.4, 0.5) is 18.0 Å². The summed E-state index contributed by atoms with van der Waals surface area (Å²) in [6, 6.07) is 17.5. The lowest BCUT2D eigenvalue weighted by atomic mass is 9.98. The van der Waals surface area contributed by atoms with Gasteiger partial charge in [0.05, 0.1) is 5.56 Å². The van der Waals surface area contributed by atoms with E-state index in [1.807, 2.05) is 48.5 Å². The molecule has 0 unspecified atom stereocenters. The fourth-order valence-electron chi connectivity index (χ4n) is 6.39. The second-order valence-electron chi connectivity index (χ2n) is 13.9. The minimum Gasteiger partial charge on any atom is -0.459 e. The van der Waals surface area contributed by atoms with Crippen LogP contribution < -0.4 is 0 Å². The van der Waals surface area contributed by atoms with Crippen molar-refractivity contribution in [1.29, 1.82) is 0 Å². The molecule has 0 fully saturated rings. The molecule has 4 rings (SSSR count). The molecule has 2 atom stereocenters. The van der Waals surface area contributed by atoms with Crippen molar-refractivity contribution in [1.82, 2.24) is 14.7 Å². The number of carbonyl (C=O) groups excluding carboxylic acids is 4. The topological polar surface area (TPSA) is 96.5 Å². The fraction of sp³-hybridized carbons (Fsp3) is 0.366. The summed E-state index contributed by atoms with van der Waals surface area (Å²) >= 11 is 0. The fourth-order valence-corrected chi connectivity index (χ4v) is 6.39. The molecule has 0 spiro atoms. The van der Waals surface area contributed by atoms with Crippen LogP contribution in [0.5, 0.6) is 0 Å². The lowest BCUT2D eigenvalue weighted by molar-refractivity contribution is -0.159.